The van der Waals surface area contributed by atoms with Gasteiger partial charge < -0.3 is 24.4 Å². The second-order valence-corrected chi connectivity index (χ2v) is 5.83. The summed E-state index contributed by atoms with van der Waals surface area (Å²) in [6.45, 7) is 9.82. The Balaban J connectivity index is 1.74. The minimum absolute atomic E-state index is 0.122. The fraction of sp³-hybridized carbons (Fsp3) is 0.933. The number of hydrogen-bond donors (Lipinski definition) is 1. The van der Waals surface area contributed by atoms with Gasteiger partial charge in [-0.05, 0) is 6.92 Å². The van der Waals surface area contributed by atoms with E-state index in [1.165, 1.54) is 0 Å². The van der Waals surface area contributed by atoms with Gasteiger partial charge in [-0.25, -0.2) is 0 Å². The Morgan fingerprint density at radius 3 is 2.95 bits per heavy atom. The molecule has 1 N–H and O–H groups in total. The summed E-state index contributed by atoms with van der Waals surface area (Å²) in [6.07, 6.45) is 0.122. The lowest BCUT2D eigenvalue weighted by atomic mass is 10.2. The van der Waals surface area contributed by atoms with Crippen LogP contribution in [0.2, 0.25) is 0 Å². The van der Waals surface area contributed by atoms with E-state index < -0.39 is 0 Å². The first kappa shape index (κ1) is 17.5. The number of aliphatic imine (C=N–C) groups is 1. The van der Waals surface area contributed by atoms with Crippen LogP contribution in [0.1, 0.15) is 6.92 Å². The van der Waals surface area contributed by atoms with Crippen molar-refractivity contribution in [1.29, 1.82) is 0 Å². The summed E-state index contributed by atoms with van der Waals surface area (Å²) in [5.41, 5.74) is 0. The molecule has 0 spiro atoms. The molecule has 0 aliphatic carbocycles. The number of rotatable bonds is 5. The standard InChI is InChI=1S/C15H30N4O3/c1-13-11-21-8-6-18(13)5-4-17-15(16-2)19-7-9-22-14(10-19)12-20-3/h13-14H,4-12H2,1-3H3,(H,16,17). The molecule has 7 nitrogen and oxygen atoms in total. The highest BCUT2D eigenvalue weighted by Crippen LogP contribution is 2.07. The van der Waals surface area contributed by atoms with Gasteiger partial charge in [-0.15, -0.1) is 0 Å². The molecule has 0 aromatic rings. The van der Waals surface area contributed by atoms with Crippen molar-refractivity contribution in [2.24, 2.45) is 4.99 Å². The summed E-state index contributed by atoms with van der Waals surface area (Å²) in [5, 5.41) is 3.47. The van der Waals surface area contributed by atoms with E-state index in [1.54, 1.807) is 7.11 Å². The zero-order valence-electron chi connectivity index (χ0n) is 14.1. The van der Waals surface area contributed by atoms with Gasteiger partial charge in [0.15, 0.2) is 5.96 Å². The number of methoxy groups -OCH3 is 1. The number of nitrogens with one attached hydrogen (secondary N) is 1. The molecule has 2 heterocycles. The first-order valence-electron chi connectivity index (χ1n) is 8.12. The van der Waals surface area contributed by atoms with Crippen molar-refractivity contribution < 1.29 is 14.2 Å². The van der Waals surface area contributed by atoms with Crippen LogP contribution in [0.3, 0.4) is 0 Å². The third-order valence-corrected chi connectivity index (χ3v) is 4.19. The number of guanidine groups is 1. The summed E-state index contributed by atoms with van der Waals surface area (Å²) in [5.74, 6) is 0.949. The lowest BCUT2D eigenvalue weighted by Crippen LogP contribution is -2.53. The zero-order valence-corrected chi connectivity index (χ0v) is 14.1. The molecule has 2 aliphatic rings. The van der Waals surface area contributed by atoms with E-state index in [0.717, 1.165) is 58.5 Å². The molecule has 0 amide bonds. The summed E-state index contributed by atoms with van der Waals surface area (Å²) in [4.78, 5) is 9.10. The maximum absolute atomic E-state index is 5.69. The predicted octanol–water partition coefficient (Wildman–Crippen LogP) is -0.370. The molecule has 2 atom stereocenters. The highest BCUT2D eigenvalue weighted by atomic mass is 16.5. The average molecular weight is 314 g/mol. The van der Waals surface area contributed by atoms with E-state index in [0.29, 0.717) is 12.6 Å². The van der Waals surface area contributed by atoms with Crippen molar-refractivity contribution >= 4 is 5.96 Å². The van der Waals surface area contributed by atoms with E-state index in [9.17, 15) is 0 Å². The van der Waals surface area contributed by atoms with Crippen LogP contribution >= 0.6 is 0 Å². The smallest absolute Gasteiger partial charge is 0.193 e. The first-order valence-corrected chi connectivity index (χ1v) is 8.12. The van der Waals surface area contributed by atoms with Crippen molar-refractivity contribution in [3.63, 3.8) is 0 Å². The molecule has 2 aliphatic heterocycles. The van der Waals surface area contributed by atoms with Crippen molar-refractivity contribution in [1.82, 2.24) is 15.1 Å². The summed E-state index contributed by atoms with van der Waals surface area (Å²) >= 11 is 0. The van der Waals surface area contributed by atoms with Gasteiger partial charge in [0.2, 0.25) is 0 Å². The fourth-order valence-corrected chi connectivity index (χ4v) is 2.94. The van der Waals surface area contributed by atoms with Crippen LogP contribution in [-0.2, 0) is 14.2 Å². The maximum atomic E-state index is 5.69. The molecule has 0 radical (unpaired) electrons. The molecule has 2 saturated heterocycles. The number of nitrogens with zero attached hydrogens (tertiary/aromatic N) is 3. The largest absolute Gasteiger partial charge is 0.382 e. The SMILES string of the molecule is CN=C(NCCN1CCOCC1C)N1CCOC(COC)C1. The number of morpholine rings is 2. The molecule has 22 heavy (non-hydrogen) atoms. The van der Waals surface area contributed by atoms with Crippen molar-refractivity contribution in [3.8, 4) is 0 Å². The Bertz CT molecular complexity index is 352. The van der Waals surface area contributed by atoms with E-state index in [-0.39, 0.29) is 6.10 Å². The van der Waals surface area contributed by atoms with Crippen LogP contribution in [0.25, 0.3) is 0 Å². The van der Waals surface area contributed by atoms with Gasteiger partial charge in [0.05, 0.1) is 32.5 Å². The van der Waals surface area contributed by atoms with Crippen molar-refractivity contribution in [2.45, 2.75) is 19.1 Å². The lowest BCUT2D eigenvalue weighted by Gasteiger charge is -2.36. The molecular formula is C15H30N4O3. The van der Waals surface area contributed by atoms with E-state index >= 15 is 0 Å². The van der Waals surface area contributed by atoms with Crippen LogP contribution in [-0.4, -0.2) is 101 Å². The summed E-state index contributed by atoms with van der Waals surface area (Å²) in [7, 11) is 3.54. The zero-order chi connectivity index (χ0) is 15.8. The summed E-state index contributed by atoms with van der Waals surface area (Å²) in [6, 6.07) is 0.493. The van der Waals surface area contributed by atoms with Gasteiger partial charge in [0.1, 0.15) is 0 Å². The lowest BCUT2D eigenvalue weighted by molar-refractivity contribution is -0.0448. The van der Waals surface area contributed by atoms with Crippen LogP contribution in [0, 0.1) is 0 Å². The monoisotopic (exact) mass is 314 g/mol. The molecule has 0 aromatic heterocycles. The normalized spacial score (nSPS) is 28.0. The third kappa shape index (κ3) is 5.08. The van der Waals surface area contributed by atoms with E-state index in [1.807, 2.05) is 7.05 Å². The molecule has 0 saturated carbocycles. The highest BCUT2D eigenvalue weighted by molar-refractivity contribution is 5.80. The van der Waals surface area contributed by atoms with E-state index in [2.05, 4.69) is 27.0 Å². The van der Waals surface area contributed by atoms with Gasteiger partial charge in [-0.2, -0.15) is 0 Å². The van der Waals surface area contributed by atoms with Crippen LogP contribution in [0.15, 0.2) is 4.99 Å². The van der Waals surface area contributed by atoms with Crippen LogP contribution < -0.4 is 5.32 Å². The van der Waals surface area contributed by atoms with Gasteiger partial charge in [0, 0.05) is 52.9 Å². The minimum Gasteiger partial charge on any atom is -0.382 e. The Morgan fingerprint density at radius 1 is 1.36 bits per heavy atom. The Morgan fingerprint density at radius 2 is 2.23 bits per heavy atom. The molecule has 0 bridgehead atoms. The van der Waals surface area contributed by atoms with Crippen molar-refractivity contribution in [3.05, 3.63) is 0 Å². The molecule has 128 valence electrons. The van der Waals surface area contributed by atoms with Gasteiger partial charge in [-0.3, -0.25) is 9.89 Å². The number of hydrogen-bond acceptors (Lipinski definition) is 5. The van der Waals surface area contributed by atoms with Gasteiger partial charge in [-0.1, -0.05) is 0 Å². The Kier molecular flexibility index (Phi) is 7.38. The van der Waals surface area contributed by atoms with Gasteiger partial charge in [0.25, 0.3) is 0 Å². The summed E-state index contributed by atoms with van der Waals surface area (Å²) < 4.78 is 16.3. The second-order valence-electron chi connectivity index (χ2n) is 5.83. The van der Waals surface area contributed by atoms with Crippen molar-refractivity contribution in [2.75, 3.05) is 73.3 Å². The molecule has 0 aromatic carbocycles. The predicted molar refractivity (Wildman–Crippen MR) is 86.4 cm³/mol. The molecule has 2 rings (SSSR count). The molecule has 2 fully saturated rings. The van der Waals surface area contributed by atoms with Gasteiger partial charge >= 0.3 is 0 Å². The molecule has 2 unspecified atom stereocenters. The number of ether oxygens (including phenoxy) is 3. The average Bonchev–Trinajstić information content (AvgIpc) is 2.54. The Labute approximate surface area is 133 Å². The van der Waals surface area contributed by atoms with Crippen LogP contribution in [0.4, 0.5) is 0 Å². The minimum atomic E-state index is 0.122. The maximum Gasteiger partial charge on any atom is 0.193 e. The Hall–Kier alpha value is -0.890. The molecule has 7 heteroatoms. The van der Waals surface area contributed by atoms with Crippen LogP contribution in [0.5, 0.6) is 0 Å². The highest BCUT2D eigenvalue weighted by Gasteiger charge is 2.23. The van der Waals surface area contributed by atoms with E-state index in [4.69, 9.17) is 14.2 Å². The quantitative estimate of drug-likeness (QED) is 0.552. The third-order valence-electron chi connectivity index (χ3n) is 4.19. The first-order chi connectivity index (χ1) is 10.7. The topological polar surface area (TPSA) is 58.6 Å². The molecular weight excluding hydrogens is 284 g/mol. The fourth-order valence-electron chi connectivity index (χ4n) is 2.94. The second kappa shape index (κ2) is 9.29.